The van der Waals surface area contributed by atoms with Gasteiger partial charge in [0, 0.05) is 23.4 Å². The Kier molecular flexibility index (Phi) is 5.43. The number of carbonyl (C=O) groups is 2. The molecule has 0 saturated heterocycles. The molecule has 1 amide bonds. The molecule has 4 aromatic rings. The van der Waals surface area contributed by atoms with Crippen LogP contribution in [0.15, 0.2) is 76.2 Å². The minimum absolute atomic E-state index is 0.0467. The third kappa shape index (κ3) is 4.15. The molecule has 0 aliphatic rings. The van der Waals surface area contributed by atoms with E-state index in [9.17, 15) is 9.59 Å². The minimum Gasteiger partial charge on any atom is -0.458 e. The number of nitrogens with zero attached hydrogens (tertiary/aromatic N) is 1. The molecule has 150 valence electrons. The van der Waals surface area contributed by atoms with Gasteiger partial charge in [-0.2, -0.15) is 5.10 Å². The number of ether oxygens (including phenoxy) is 1. The Bertz CT molecular complexity index is 1220. The second-order valence-corrected chi connectivity index (χ2v) is 6.57. The molecular formula is C23H19N3O4. The van der Waals surface area contributed by atoms with Crippen LogP contribution in [0.1, 0.15) is 28.9 Å². The molecule has 2 aromatic heterocycles. The molecule has 7 nitrogen and oxygen atoms in total. The third-order valence-corrected chi connectivity index (χ3v) is 4.45. The number of hydrogen-bond donors (Lipinski definition) is 2. The monoisotopic (exact) mass is 401 g/mol. The van der Waals surface area contributed by atoms with Crippen molar-refractivity contribution >= 4 is 29.0 Å². The van der Waals surface area contributed by atoms with Crippen molar-refractivity contribution in [3.63, 3.8) is 0 Å². The molecular weight excluding hydrogens is 382 g/mol. The average molecular weight is 401 g/mol. The Hall–Kier alpha value is -4.13. The van der Waals surface area contributed by atoms with E-state index in [0.717, 1.165) is 22.0 Å². The van der Waals surface area contributed by atoms with Crippen LogP contribution < -0.4 is 5.43 Å². The molecule has 4 rings (SSSR count). The lowest BCUT2D eigenvalue weighted by Gasteiger charge is -2.04. The summed E-state index contributed by atoms with van der Waals surface area (Å²) in [5.41, 5.74) is 5.58. The Morgan fingerprint density at radius 3 is 2.63 bits per heavy atom. The predicted octanol–water partition coefficient (Wildman–Crippen LogP) is 4.25. The highest BCUT2D eigenvalue weighted by Gasteiger charge is 2.18. The first kappa shape index (κ1) is 19.2. The number of nitrogens with one attached hydrogen (secondary N) is 2. The molecule has 0 atom stereocenters. The molecule has 30 heavy (non-hydrogen) atoms. The normalized spacial score (nSPS) is 11.1. The zero-order valence-corrected chi connectivity index (χ0v) is 16.2. The molecule has 0 radical (unpaired) electrons. The molecule has 0 unspecified atom stereocenters. The number of hydrogen-bond acceptors (Lipinski definition) is 5. The summed E-state index contributed by atoms with van der Waals surface area (Å²) < 4.78 is 10.4. The smallest absolute Gasteiger partial charge is 0.303 e. The van der Waals surface area contributed by atoms with E-state index >= 15 is 0 Å². The maximum Gasteiger partial charge on any atom is 0.303 e. The quantitative estimate of drug-likeness (QED) is 0.287. The fourth-order valence-corrected chi connectivity index (χ4v) is 3.14. The number of rotatable bonds is 6. The summed E-state index contributed by atoms with van der Waals surface area (Å²) in [6.07, 6.45) is 1.39. The van der Waals surface area contributed by atoms with Crippen molar-refractivity contribution in [2.75, 3.05) is 0 Å². The number of para-hydroxylation sites is 1. The third-order valence-electron chi connectivity index (χ3n) is 4.45. The second kappa shape index (κ2) is 8.48. The number of fused-ring (bicyclic) bond motifs is 1. The van der Waals surface area contributed by atoms with Crippen LogP contribution in [0.25, 0.3) is 22.0 Å². The maximum absolute atomic E-state index is 12.8. The molecule has 0 spiro atoms. The number of benzene rings is 2. The van der Waals surface area contributed by atoms with E-state index in [4.69, 9.17) is 9.15 Å². The molecule has 0 aliphatic heterocycles. The van der Waals surface area contributed by atoms with E-state index in [0.29, 0.717) is 17.2 Å². The van der Waals surface area contributed by atoms with Crippen LogP contribution in [0.2, 0.25) is 0 Å². The highest BCUT2D eigenvalue weighted by atomic mass is 16.5. The molecule has 2 aromatic carbocycles. The fraction of sp³-hybridized carbons (Fsp3) is 0.0870. The fourth-order valence-electron chi connectivity index (χ4n) is 3.14. The van der Waals surface area contributed by atoms with Gasteiger partial charge in [-0.05, 0) is 23.8 Å². The number of H-pyrrole nitrogens is 1. The number of aromatic amines is 1. The van der Waals surface area contributed by atoms with Crippen LogP contribution in [-0.2, 0) is 16.1 Å². The van der Waals surface area contributed by atoms with Crippen LogP contribution in [-0.4, -0.2) is 23.1 Å². The van der Waals surface area contributed by atoms with Crippen molar-refractivity contribution < 1.29 is 18.7 Å². The highest BCUT2D eigenvalue weighted by molar-refractivity contribution is 6.09. The maximum atomic E-state index is 12.8. The van der Waals surface area contributed by atoms with E-state index in [1.54, 1.807) is 12.1 Å². The van der Waals surface area contributed by atoms with Gasteiger partial charge in [-0.3, -0.25) is 9.59 Å². The summed E-state index contributed by atoms with van der Waals surface area (Å²) in [5.74, 6) is 0.159. The van der Waals surface area contributed by atoms with Gasteiger partial charge in [0.1, 0.15) is 23.8 Å². The van der Waals surface area contributed by atoms with Gasteiger partial charge in [0.05, 0.1) is 6.21 Å². The zero-order chi connectivity index (χ0) is 20.9. The number of amides is 1. The van der Waals surface area contributed by atoms with Gasteiger partial charge in [0.15, 0.2) is 0 Å². The summed E-state index contributed by atoms with van der Waals surface area (Å²) in [7, 11) is 0. The van der Waals surface area contributed by atoms with Crippen molar-refractivity contribution in [1.29, 1.82) is 0 Å². The molecule has 0 fully saturated rings. The summed E-state index contributed by atoms with van der Waals surface area (Å²) >= 11 is 0. The van der Waals surface area contributed by atoms with Gasteiger partial charge in [-0.15, -0.1) is 0 Å². The number of furan rings is 1. The first-order valence-corrected chi connectivity index (χ1v) is 9.33. The van der Waals surface area contributed by atoms with Crippen LogP contribution in [0.3, 0.4) is 0 Å². The van der Waals surface area contributed by atoms with Gasteiger partial charge >= 0.3 is 5.97 Å². The van der Waals surface area contributed by atoms with E-state index in [1.807, 2.05) is 54.6 Å². The Morgan fingerprint density at radius 2 is 1.83 bits per heavy atom. The first-order chi connectivity index (χ1) is 14.6. The van der Waals surface area contributed by atoms with Crippen molar-refractivity contribution in [2.45, 2.75) is 13.5 Å². The van der Waals surface area contributed by atoms with Gasteiger partial charge in [0.2, 0.25) is 0 Å². The van der Waals surface area contributed by atoms with Gasteiger partial charge in [-0.1, -0.05) is 48.5 Å². The zero-order valence-electron chi connectivity index (χ0n) is 16.2. The average Bonchev–Trinajstić information content (AvgIpc) is 3.37. The first-order valence-electron chi connectivity index (χ1n) is 9.33. The molecule has 0 aliphatic carbocycles. The lowest BCUT2D eigenvalue weighted by atomic mass is 10.0. The van der Waals surface area contributed by atoms with E-state index in [-0.39, 0.29) is 18.5 Å². The minimum atomic E-state index is -0.388. The number of carbonyl (C=O) groups excluding carboxylic acids is 2. The predicted molar refractivity (Wildman–Crippen MR) is 113 cm³/mol. The second-order valence-electron chi connectivity index (χ2n) is 6.57. The SMILES string of the molecule is CC(=O)OCc1ccc(/C=N/NC(=O)c2[nH]c3ccccc3c2-c2ccccc2)o1. The van der Waals surface area contributed by atoms with Crippen LogP contribution in [0.4, 0.5) is 0 Å². The number of esters is 1. The van der Waals surface area contributed by atoms with Crippen LogP contribution in [0, 0.1) is 0 Å². The van der Waals surface area contributed by atoms with Crippen molar-refractivity contribution in [2.24, 2.45) is 5.10 Å². The molecule has 0 bridgehead atoms. The summed E-state index contributed by atoms with van der Waals surface area (Å²) in [6.45, 7) is 1.37. The topological polar surface area (TPSA) is 96.7 Å². The summed E-state index contributed by atoms with van der Waals surface area (Å²) in [4.78, 5) is 26.9. The number of aromatic nitrogens is 1. The van der Waals surface area contributed by atoms with Crippen LogP contribution >= 0.6 is 0 Å². The Morgan fingerprint density at radius 1 is 1.07 bits per heavy atom. The van der Waals surface area contributed by atoms with E-state index in [2.05, 4.69) is 15.5 Å². The highest BCUT2D eigenvalue weighted by Crippen LogP contribution is 2.32. The summed E-state index contributed by atoms with van der Waals surface area (Å²) in [6, 6.07) is 20.8. The molecule has 0 saturated carbocycles. The van der Waals surface area contributed by atoms with Crippen LogP contribution in [0.5, 0.6) is 0 Å². The lowest BCUT2D eigenvalue weighted by Crippen LogP contribution is -2.18. The van der Waals surface area contributed by atoms with Crippen molar-refractivity contribution in [3.05, 3.63) is 83.9 Å². The number of hydrazone groups is 1. The Labute approximate surface area is 172 Å². The molecule has 2 heterocycles. The largest absolute Gasteiger partial charge is 0.458 e. The lowest BCUT2D eigenvalue weighted by molar-refractivity contribution is -0.142. The van der Waals surface area contributed by atoms with E-state index < -0.39 is 0 Å². The molecule has 2 N–H and O–H groups in total. The van der Waals surface area contributed by atoms with Gasteiger partial charge < -0.3 is 14.1 Å². The van der Waals surface area contributed by atoms with Crippen molar-refractivity contribution in [1.82, 2.24) is 10.4 Å². The molecule has 7 heteroatoms. The summed E-state index contributed by atoms with van der Waals surface area (Å²) in [5, 5.41) is 4.94. The standard InChI is InChI=1S/C23H19N3O4/c1-15(27)29-14-18-12-11-17(30-18)13-24-26-23(28)22-21(16-7-3-2-4-8-16)19-9-5-6-10-20(19)25-22/h2-13,25H,14H2,1H3,(H,26,28)/b24-13+. The van der Waals surface area contributed by atoms with Gasteiger partial charge in [0.25, 0.3) is 5.91 Å². The Balaban J connectivity index is 1.54. The van der Waals surface area contributed by atoms with E-state index in [1.165, 1.54) is 13.1 Å². The van der Waals surface area contributed by atoms with Gasteiger partial charge in [-0.25, -0.2) is 5.43 Å². The van der Waals surface area contributed by atoms with Crippen molar-refractivity contribution in [3.8, 4) is 11.1 Å².